The van der Waals surface area contributed by atoms with E-state index in [-0.39, 0.29) is 0 Å². The summed E-state index contributed by atoms with van der Waals surface area (Å²) in [6.45, 7) is 3.62. The first-order valence-electron chi connectivity index (χ1n) is 7.71. The Morgan fingerprint density at radius 2 is 2.16 bits per heavy atom. The van der Waals surface area contributed by atoms with Gasteiger partial charge in [0.1, 0.15) is 0 Å². The number of fused-ring (bicyclic) bond motifs is 1. The van der Waals surface area contributed by atoms with Crippen LogP contribution in [0.4, 0.5) is 0 Å². The number of aromatic nitrogens is 1. The molecule has 0 aliphatic heterocycles. The largest absolute Gasteiger partial charge is 0.361 e. The number of hydrogen-bond acceptors (Lipinski definition) is 0. The van der Waals surface area contributed by atoms with Gasteiger partial charge in [0.15, 0.2) is 0 Å². The van der Waals surface area contributed by atoms with Gasteiger partial charge in [-0.3, -0.25) is 0 Å². The molecular weight excluding hydrogens is 232 g/mol. The maximum Gasteiger partial charge on any atom is 0.0861 e. The number of para-hydroxylation sites is 1. The van der Waals surface area contributed by atoms with Crippen LogP contribution >= 0.6 is 0 Å². The van der Waals surface area contributed by atoms with Crippen LogP contribution in [0, 0.1) is 5.92 Å². The van der Waals surface area contributed by atoms with Gasteiger partial charge in [0.2, 0.25) is 0 Å². The van der Waals surface area contributed by atoms with Gasteiger partial charge >= 0.3 is 0 Å². The van der Waals surface area contributed by atoms with Crippen molar-refractivity contribution in [3.05, 3.63) is 36.0 Å². The second-order valence-corrected chi connectivity index (χ2v) is 6.17. The number of H-pyrrole nitrogens is 1. The predicted molar refractivity (Wildman–Crippen MR) is 80.2 cm³/mol. The molecule has 2 aromatic rings. The van der Waals surface area contributed by atoms with E-state index in [4.69, 9.17) is 0 Å². The summed E-state index contributed by atoms with van der Waals surface area (Å²) in [6, 6.07) is 9.48. The summed E-state index contributed by atoms with van der Waals surface area (Å²) in [6.07, 6.45) is 9.05. The van der Waals surface area contributed by atoms with Crippen LogP contribution in [-0.4, -0.2) is 17.6 Å². The van der Waals surface area contributed by atoms with Crippen molar-refractivity contribution in [3.8, 4) is 0 Å². The van der Waals surface area contributed by atoms with Crippen molar-refractivity contribution >= 4 is 10.9 Å². The molecule has 0 bridgehead atoms. The highest BCUT2D eigenvalue weighted by Gasteiger charge is 2.20. The molecule has 3 rings (SSSR count). The Balaban J connectivity index is 1.55. The Labute approximate surface area is 115 Å². The fourth-order valence-corrected chi connectivity index (χ4v) is 3.51. The van der Waals surface area contributed by atoms with E-state index in [9.17, 15) is 0 Å². The van der Waals surface area contributed by atoms with E-state index in [2.05, 4.69) is 47.7 Å². The fraction of sp³-hybridized carbons (Fsp3) is 0.529. The molecule has 2 nitrogen and oxygen atoms in total. The molecule has 0 radical (unpaired) electrons. The molecule has 3 N–H and O–H groups in total. The van der Waals surface area contributed by atoms with E-state index in [1.165, 1.54) is 55.1 Å². The predicted octanol–water partition coefficient (Wildman–Crippen LogP) is 2.85. The Bertz CT molecular complexity index is 529. The average Bonchev–Trinajstić information content (AvgIpc) is 2.83. The molecule has 0 saturated heterocycles. The second kappa shape index (κ2) is 5.79. The molecule has 19 heavy (non-hydrogen) atoms. The van der Waals surface area contributed by atoms with Crippen LogP contribution in [0.1, 0.15) is 38.2 Å². The molecule has 0 amide bonds. The summed E-state index contributed by atoms with van der Waals surface area (Å²) < 4.78 is 0. The first kappa shape index (κ1) is 12.7. The third-order valence-corrected chi connectivity index (χ3v) is 4.57. The van der Waals surface area contributed by atoms with E-state index in [1.54, 1.807) is 0 Å². The van der Waals surface area contributed by atoms with E-state index in [0.29, 0.717) is 0 Å². The second-order valence-electron chi connectivity index (χ2n) is 6.17. The van der Waals surface area contributed by atoms with E-state index < -0.39 is 0 Å². The summed E-state index contributed by atoms with van der Waals surface area (Å²) >= 11 is 0. The fourth-order valence-electron chi connectivity index (χ4n) is 3.51. The van der Waals surface area contributed by atoms with Crippen molar-refractivity contribution < 1.29 is 5.32 Å². The van der Waals surface area contributed by atoms with Crippen LogP contribution in [0.3, 0.4) is 0 Å². The third kappa shape index (κ3) is 3.01. The van der Waals surface area contributed by atoms with Gasteiger partial charge in [-0.25, -0.2) is 0 Å². The SMILES string of the molecule is C[C@@H]1CCC[C@@H]([NH2+]CCc2c[nH]c3ccccc23)C1. The topological polar surface area (TPSA) is 32.4 Å². The average molecular weight is 257 g/mol. The number of benzene rings is 1. The van der Waals surface area contributed by atoms with Gasteiger partial charge in [0, 0.05) is 29.9 Å². The van der Waals surface area contributed by atoms with Crippen molar-refractivity contribution in [2.24, 2.45) is 5.92 Å². The normalized spacial score (nSPS) is 23.8. The lowest BCUT2D eigenvalue weighted by molar-refractivity contribution is -0.692. The molecule has 0 spiro atoms. The molecule has 2 atom stereocenters. The zero-order valence-corrected chi connectivity index (χ0v) is 11.9. The molecule has 1 fully saturated rings. The highest BCUT2D eigenvalue weighted by atomic mass is 14.9. The van der Waals surface area contributed by atoms with Crippen molar-refractivity contribution in [2.45, 2.75) is 45.1 Å². The first-order valence-corrected chi connectivity index (χ1v) is 7.71. The smallest absolute Gasteiger partial charge is 0.0861 e. The Morgan fingerprint density at radius 1 is 1.26 bits per heavy atom. The molecule has 1 aliphatic rings. The van der Waals surface area contributed by atoms with Gasteiger partial charge in [0.05, 0.1) is 12.6 Å². The minimum atomic E-state index is 0.869. The Morgan fingerprint density at radius 3 is 3.05 bits per heavy atom. The zero-order valence-electron chi connectivity index (χ0n) is 11.9. The van der Waals surface area contributed by atoms with Crippen LogP contribution in [0.15, 0.2) is 30.5 Å². The highest BCUT2D eigenvalue weighted by molar-refractivity contribution is 5.82. The van der Waals surface area contributed by atoms with Crippen LogP contribution < -0.4 is 5.32 Å². The lowest BCUT2D eigenvalue weighted by Crippen LogP contribution is -2.90. The third-order valence-electron chi connectivity index (χ3n) is 4.57. The van der Waals surface area contributed by atoms with E-state index >= 15 is 0 Å². The summed E-state index contributed by atoms with van der Waals surface area (Å²) in [5.74, 6) is 0.933. The van der Waals surface area contributed by atoms with Gasteiger partial charge in [0.25, 0.3) is 0 Å². The van der Waals surface area contributed by atoms with Crippen LogP contribution in [-0.2, 0) is 6.42 Å². The summed E-state index contributed by atoms with van der Waals surface area (Å²) in [7, 11) is 0. The van der Waals surface area contributed by atoms with Gasteiger partial charge in [-0.05, 0) is 30.4 Å². The molecule has 1 aliphatic carbocycles. The molecule has 1 aromatic carbocycles. The number of aromatic amines is 1. The molecule has 102 valence electrons. The summed E-state index contributed by atoms with van der Waals surface area (Å²) in [5, 5.41) is 3.98. The minimum absolute atomic E-state index is 0.869. The van der Waals surface area contributed by atoms with Crippen molar-refractivity contribution in [3.63, 3.8) is 0 Å². The maximum atomic E-state index is 3.37. The quantitative estimate of drug-likeness (QED) is 0.844. The molecule has 1 aromatic heterocycles. The van der Waals surface area contributed by atoms with Crippen molar-refractivity contribution in [1.29, 1.82) is 0 Å². The zero-order chi connectivity index (χ0) is 13.1. The minimum Gasteiger partial charge on any atom is -0.361 e. The first-order chi connectivity index (χ1) is 9.33. The van der Waals surface area contributed by atoms with Gasteiger partial charge in [-0.2, -0.15) is 0 Å². The highest BCUT2D eigenvalue weighted by Crippen LogP contribution is 2.21. The van der Waals surface area contributed by atoms with Gasteiger partial charge in [-0.15, -0.1) is 0 Å². The number of hydrogen-bond donors (Lipinski definition) is 2. The van der Waals surface area contributed by atoms with Crippen LogP contribution in [0.5, 0.6) is 0 Å². The summed E-state index contributed by atoms with van der Waals surface area (Å²) in [5.41, 5.74) is 2.74. The Kier molecular flexibility index (Phi) is 3.88. The standard InChI is InChI=1S/C17H24N2/c1-13-5-4-6-15(11-13)18-10-9-14-12-19-17-8-3-2-7-16(14)17/h2-3,7-8,12-13,15,18-19H,4-6,9-11H2,1H3/p+1/t13-,15-/m1/s1. The molecule has 2 heteroatoms. The van der Waals surface area contributed by atoms with Gasteiger partial charge < -0.3 is 10.3 Å². The monoisotopic (exact) mass is 257 g/mol. The molecule has 0 unspecified atom stereocenters. The van der Waals surface area contributed by atoms with Crippen LogP contribution in [0.25, 0.3) is 10.9 Å². The number of nitrogens with one attached hydrogen (secondary N) is 1. The lowest BCUT2D eigenvalue weighted by Gasteiger charge is -2.24. The molecule has 1 heterocycles. The van der Waals surface area contributed by atoms with Crippen molar-refractivity contribution in [1.82, 2.24) is 4.98 Å². The number of rotatable bonds is 4. The number of quaternary nitrogens is 1. The lowest BCUT2D eigenvalue weighted by atomic mass is 9.87. The molecule has 1 saturated carbocycles. The van der Waals surface area contributed by atoms with E-state index in [0.717, 1.165) is 12.0 Å². The maximum absolute atomic E-state index is 3.37. The summed E-state index contributed by atoms with van der Waals surface area (Å²) in [4.78, 5) is 3.37. The van der Waals surface area contributed by atoms with Gasteiger partial charge in [-0.1, -0.05) is 31.5 Å². The number of nitrogens with two attached hydrogens (primary N) is 1. The van der Waals surface area contributed by atoms with Crippen molar-refractivity contribution in [2.75, 3.05) is 6.54 Å². The molecular formula is C17H25N2+. The van der Waals surface area contributed by atoms with E-state index in [1.807, 2.05) is 0 Å². The van der Waals surface area contributed by atoms with Crippen LogP contribution in [0.2, 0.25) is 0 Å². The Hall–Kier alpha value is -1.28.